The number of carbonyl (C=O) groups excluding carboxylic acids is 2. The van der Waals surface area contributed by atoms with E-state index in [1.165, 1.54) is 0 Å². The first-order valence-corrected chi connectivity index (χ1v) is 5.91. The molecule has 17 heavy (non-hydrogen) atoms. The van der Waals surface area contributed by atoms with E-state index in [1.807, 2.05) is 31.2 Å². The maximum absolute atomic E-state index is 11.9. The van der Waals surface area contributed by atoms with Gasteiger partial charge in [-0.1, -0.05) is 25.1 Å². The number of anilines is 1. The molecule has 1 aliphatic rings. The van der Waals surface area contributed by atoms with E-state index in [4.69, 9.17) is 0 Å². The topological polar surface area (TPSA) is 49.4 Å². The number of carbonyl (C=O) groups is 2. The van der Waals surface area contributed by atoms with Crippen LogP contribution in [0, 0.1) is 0 Å². The average molecular weight is 232 g/mol. The van der Waals surface area contributed by atoms with Crippen molar-refractivity contribution in [3.63, 3.8) is 0 Å². The lowest BCUT2D eigenvalue weighted by molar-refractivity contribution is -0.137. The van der Waals surface area contributed by atoms with Crippen molar-refractivity contribution in [1.82, 2.24) is 5.32 Å². The Morgan fingerprint density at radius 1 is 1.35 bits per heavy atom. The molecule has 0 atom stereocenters. The van der Waals surface area contributed by atoms with Gasteiger partial charge in [-0.3, -0.25) is 9.59 Å². The Balaban J connectivity index is 2.10. The Hall–Kier alpha value is -1.84. The molecule has 4 nitrogen and oxygen atoms in total. The third kappa shape index (κ3) is 2.30. The first-order chi connectivity index (χ1) is 8.24. The maximum Gasteiger partial charge on any atom is 0.316 e. The van der Waals surface area contributed by atoms with Gasteiger partial charge in [-0.15, -0.1) is 0 Å². The first-order valence-electron chi connectivity index (χ1n) is 5.91. The van der Waals surface area contributed by atoms with Gasteiger partial charge in [0.1, 0.15) is 0 Å². The third-order valence-electron chi connectivity index (χ3n) is 2.86. The molecule has 0 fully saturated rings. The largest absolute Gasteiger partial charge is 0.348 e. The van der Waals surface area contributed by atoms with E-state index in [0.717, 1.165) is 24.1 Å². The van der Waals surface area contributed by atoms with Crippen molar-refractivity contribution in [3.8, 4) is 0 Å². The van der Waals surface area contributed by atoms with Gasteiger partial charge in [-0.05, 0) is 24.5 Å². The van der Waals surface area contributed by atoms with Gasteiger partial charge in [0.05, 0.1) is 0 Å². The molecular formula is C13H16N2O2. The number of benzene rings is 1. The minimum atomic E-state index is -0.511. The molecule has 0 saturated carbocycles. The predicted molar refractivity (Wildman–Crippen MR) is 65.8 cm³/mol. The number of amides is 2. The second-order valence-corrected chi connectivity index (χ2v) is 4.09. The summed E-state index contributed by atoms with van der Waals surface area (Å²) < 4.78 is 0. The van der Waals surface area contributed by atoms with Gasteiger partial charge in [-0.25, -0.2) is 0 Å². The van der Waals surface area contributed by atoms with Crippen LogP contribution in [0.2, 0.25) is 0 Å². The van der Waals surface area contributed by atoms with E-state index in [0.29, 0.717) is 13.1 Å². The standard InChI is InChI=1S/C13H16N2O2/c1-2-8-14-12(16)13(17)15-9-7-10-5-3-4-6-11(10)15/h3-6H,2,7-9H2,1H3,(H,14,16). The predicted octanol–water partition coefficient (Wildman–Crippen LogP) is 1.10. The average Bonchev–Trinajstić information content (AvgIpc) is 2.78. The van der Waals surface area contributed by atoms with Gasteiger partial charge in [0.25, 0.3) is 0 Å². The van der Waals surface area contributed by atoms with Crippen LogP contribution in [0.15, 0.2) is 24.3 Å². The minimum absolute atomic E-state index is 0.455. The maximum atomic E-state index is 11.9. The molecule has 0 aliphatic carbocycles. The zero-order chi connectivity index (χ0) is 12.3. The molecule has 0 bridgehead atoms. The smallest absolute Gasteiger partial charge is 0.316 e. The van der Waals surface area contributed by atoms with Gasteiger partial charge < -0.3 is 10.2 Å². The summed E-state index contributed by atoms with van der Waals surface area (Å²) in [7, 11) is 0. The molecule has 1 N–H and O–H groups in total. The molecule has 4 heteroatoms. The van der Waals surface area contributed by atoms with Crippen LogP contribution in [-0.4, -0.2) is 24.9 Å². The Morgan fingerprint density at radius 2 is 2.12 bits per heavy atom. The number of nitrogens with one attached hydrogen (secondary N) is 1. The molecule has 1 heterocycles. The van der Waals surface area contributed by atoms with E-state index in [9.17, 15) is 9.59 Å². The second kappa shape index (κ2) is 4.99. The highest BCUT2D eigenvalue weighted by molar-refractivity contribution is 6.40. The molecule has 1 aromatic rings. The monoisotopic (exact) mass is 232 g/mol. The Bertz CT molecular complexity index is 443. The number of nitrogens with zero attached hydrogens (tertiary/aromatic N) is 1. The summed E-state index contributed by atoms with van der Waals surface area (Å²) in [6.45, 7) is 3.09. The van der Waals surface area contributed by atoms with E-state index in [2.05, 4.69) is 5.32 Å². The van der Waals surface area contributed by atoms with Gasteiger partial charge >= 0.3 is 11.8 Å². The Morgan fingerprint density at radius 3 is 2.88 bits per heavy atom. The zero-order valence-corrected chi connectivity index (χ0v) is 9.90. The van der Waals surface area contributed by atoms with Crippen LogP contribution in [0.25, 0.3) is 0 Å². The molecule has 1 aromatic carbocycles. The molecule has 0 unspecified atom stereocenters. The van der Waals surface area contributed by atoms with Crippen molar-refractivity contribution in [1.29, 1.82) is 0 Å². The van der Waals surface area contributed by atoms with Crippen LogP contribution in [0.4, 0.5) is 5.69 Å². The lowest BCUT2D eigenvalue weighted by atomic mass is 10.2. The highest BCUT2D eigenvalue weighted by atomic mass is 16.2. The second-order valence-electron chi connectivity index (χ2n) is 4.09. The van der Waals surface area contributed by atoms with E-state index in [1.54, 1.807) is 4.90 Å². The van der Waals surface area contributed by atoms with Gasteiger partial charge in [-0.2, -0.15) is 0 Å². The number of fused-ring (bicyclic) bond motifs is 1. The van der Waals surface area contributed by atoms with Crippen LogP contribution in [0.1, 0.15) is 18.9 Å². The van der Waals surface area contributed by atoms with Crippen molar-refractivity contribution in [2.24, 2.45) is 0 Å². The molecule has 2 rings (SSSR count). The highest BCUT2D eigenvalue weighted by Crippen LogP contribution is 2.27. The molecule has 2 amide bonds. The quantitative estimate of drug-likeness (QED) is 0.776. The zero-order valence-electron chi connectivity index (χ0n) is 9.90. The van der Waals surface area contributed by atoms with Crippen molar-refractivity contribution >= 4 is 17.5 Å². The van der Waals surface area contributed by atoms with Crippen LogP contribution >= 0.6 is 0 Å². The van der Waals surface area contributed by atoms with Crippen LogP contribution in [0.5, 0.6) is 0 Å². The molecule has 0 radical (unpaired) electrons. The third-order valence-corrected chi connectivity index (χ3v) is 2.86. The van der Waals surface area contributed by atoms with Gasteiger partial charge in [0, 0.05) is 18.8 Å². The minimum Gasteiger partial charge on any atom is -0.348 e. The molecule has 0 saturated heterocycles. The van der Waals surface area contributed by atoms with Crippen molar-refractivity contribution in [2.75, 3.05) is 18.0 Å². The summed E-state index contributed by atoms with van der Waals surface area (Å²) in [5, 5.41) is 2.61. The van der Waals surface area contributed by atoms with Crippen molar-refractivity contribution in [2.45, 2.75) is 19.8 Å². The Labute approximate surface area is 101 Å². The van der Waals surface area contributed by atoms with E-state index < -0.39 is 11.8 Å². The number of hydrogen-bond acceptors (Lipinski definition) is 2. The van der Waals surface area contributed by atoms with Gasteiger partial charge in [0.2, 0.25) is 0 Å². The lowest BCUT2D eigenvalue weighted by Crippen LogP contribution is -2.42. The molecule has 1 aliphatic heterocycles. The lowest BCUT2D eigenvalue weighted by Gasteiger charge is -2.16. The fourth-order valence-electron chi connectivity index (χ4n) is 1.99. The highest BCUT2D eigenvalue weighted by Gasteiger charge is 2.28. The van der Waals surface area contributed by atoms with Crippen LogP contribution < -0.4 is 10.2 Å². The molecular weight excluding hydrogens is 216 g/mol. The summed E-state index contributed by atoms with van der Waals surface area (Å²) in [6, 6.07) is 7.71. The van der Waals surface area contributed by atoms with Gasteiger partial charge in [0.15, 0.2) is 0 Å². The Kier molecular flexibility index (Phi) is 3.42. The van der Waals surface area contributed by atoms with Crippen molar-refractivity contribution in [3.05, 3.63) is 29.8 Å². The fourth-order valence-corrected chi connectivity index (χ4v) is 1.99. The number of para-hydroxylation sites is 1. The van der Waals surface area contributed by atoms with E-state index in [-0.39, 0.29) is 0 Å². The van der Waals surface area contributed by atoms with Crippen LogP contribution in [-0.2, 0) is 16.0 Å². The molecule has 90 valence electrons. The molecule has 0 spiro atoms. The van der Waals surface area contributed by atoms with E-state index >= 15 is 0 Å². The number of rotatable bonds is 2. The first kappa shape index (κ1) is 11.6. The normalized spacial score (nSPS) is 13.4. The summed E-state index contributed by atoms with van der Waals surface area (Å²) in [5.41, 5.74) is 1.99. The summed E-state index contributed by atoms with van der Waals surface area (Å²) in [4.78, 5) is 25.1. The summed E-state index contributed by atoms with van der Waals surface area (Å²) >= 11 is 0. The molecule has 0 aromatic heterocycles. The summed E-state index contributed by atoms with van der Waals surface area (Å²) in [6.07, 6.45) is 1.65. The van der Waals surface area contributed by atoms with Crippen molar-refractivity contribution < 1.29 is 9.59 Å². The van der Waals surface area contributed by atoms with Crippen LogP contribution in [0.3, 0.4) is 0 Å². The summed E-state index contributed by atoms with van der Waals surface area (Å²) in [5.74, 6) is -0.966. The number of hydrogen-bond donors (Lipinski definition) is 1. The fraction of sp³-hybridized carbons (Fsp3) is 0.385. The SMILES string of the molecule is CCCNC(=O)C(=O)N1CCc2ccccc21.